The lowest BCUT2D eigenvalue weighted by atomic mass is 9.99. The van der Waals surface area contributed by atoms with E-state index >= 15 is 0 Å². The standard InChI is InChI=1S/C13H15N3OS/c1-9(17)11-4-2-3-6-16(11)12-10-5-7-18-13(10)15-8-14-12/h5,7-8,11H,2-4,6H2,1H3. The van der Waals surface area contributed by atoms with Gasteiger partial charge in [0.05, 0.1) is 11.4 Å². The quantitative estimate of drug-likeness (QED) is 0.833. The van der Waals surface area contributed by atoms with Crippen LogP contribution in [0.4, 0.5) is 5.82 Å². The Morgan fingerprint density at radius 3 is 3.17 bits per heavy atom. The second kappa shape index (κ2) is 4.65. The van der Waals surface area contributed by atoms with Crippen LogP contribution in [0.5, 0.6) is 0 Å². The van der Waals surface area contributed by atoms with Gasteiger partial charge in [0, 0.05) is 6.54 Å². The van der Waals surface area contributed by atoms with Crippen molar-refractivity contribution in [2.45, 2.75) is 32.2 Å². The van der Waals surface area contributed by atoms with Crippen molar-refractivity contribution in [2.75, 3.05) is 11.4 Å². The Morgan fingerprint density at radius 1 is 1.44 bits per heavy atom. The molecule has 1 saturated heterocycles. The molecule has 4 nitrogen and oxygen atoms in total. The number of anilines is 1. The SMILES string of the molecule is CC(=O)C1CCCCN1c1ncnc2sccc12. The zero-order chi connectivity index (χ0) is 12.5. The highest BCUT2D eigenvalue weighted by molar-refractivity contribution is 7.16. The normalized spacial score (nSPS) is 20.3. The number of carbonyl (C=O) groups is 1. The minimum absolute atomic E-state index is 0.0169. The molecule has 0 radical (unpaired) electrons. The first-order valence-corrected chi connectivity index (χ1v) is 7.10. The molecule has 0 aromatic carbocycles. The average Bonchev–Trinajstić information content (AvgIpc) is 2.86. The minimum Gasteiger partial charge on any atom is -0.346 e. The van der Waals surface area contributed by atoms with Crippen molar-refractivity contribution in [3.8, 4) is 0 Å². The van der Waals surface area contributed by atoms with Crippen molar-refractivity contribution in [3.63, 3.8) is 0 Å². The van der Waals surface area contributed by atoms with Crippen LogP contribution in [0.25, 0.3) is 10.2 Å². The summed E-state index contributed by atoms with van der Waals surface area (Å²) >= 11 is 1.61. The Morgan fingerprint density at radius 2 is 2.33 bits per heavy atom. The minimum atomic E-state index is -0.0169. The van der Waals surface area contributed by atoms with E-state index in [9.17, 15) is 4.79 Å². The smallest absolute Gasteiger partial charge is 0.152 e. The summed E-state index contributed by atoms with van der Waals surface area (Å²) in [5.41, 5.74) is 0. The van der Waals surface area contributed by atoms with E-state index in [-0.39, 0.29) is 11.8 Å². The topological polar surface area (TPSA) is 46.1 Å². The molecule has 1 atom stereocenters. The van der Waals surface area contributed by atoms with Crippen molar-refractivity contribution in [2.24, 2.45) is 0 Å². The summed E-state index contributed by atoms with van der Waals surface area (Å²) < 4.78 is 0. The zero-order valence-electron chi connectivity index (χ0n) is 10.3. The van der Waals surface area contributed by atoms with Gasteiger partial charge in [0.25, 0.3) is 0 Å². The molecule has 1 aliphatic rings. The third-order valence-corrected chi connectivity index (χ3v) is 4.31. The lowest BCUT2D eigenvalue weighted by Crippen LogP contribution is -2.44. The molecule has 0 N–H and O–H groups in total. The van der Waals surface area contributed by atoms with Gasteiger partial charge < -0.3 is 4.90 Å². The number of rotatable bonds is 2. The summed E-state index contributed by atoms with van der Waals surface area (Å²) in [4.78, 5) is 23.6. The van der Waals surface area contributed by atoms with Crippen molar-refractivity contribution in [3.05, 3.63) is 17.8 Å². The van der Waals surface area contributed by atoms with Crippen LogP contribution < -0.4 is 4.90 Å². The van der Waals surface area contributed by atoms with E-state index in [0.717, 1.165) is 41.8 Å². The number of fused-ring (bicyclic) bond motifs is 1. The predicted molar refractivity (Wildman–Crippen MR) is 73.1 cm³/mol. The summed E-state index contributed by atoms with van der Waals surface area (Å²) in [5, 5.41) is 3.09. The highest BCUT2D eigenvalue weighted by atomic mass is 32.1. The third-order valence-electron chi connectivity index (χ3n) is 3.48. The molecule has 5 heteroatoms. The molecule has 2 aromatic heterocycles. The number of ketones is 1. The second-order valence-corrected chi connectivity index (χ2v) is 5.55. The van der Waals surface area contributed by atoms with Crippen LogP contribution in [-0.4, -0.2) is 28.3 Å². The molecule has 1 fully saturated rings. The van der Waals surface area contributed by atoms with Gasteiger partial charge in [-0.05, 0) is 37.6 Å². The first kappa shape index (κ1) is 11.6. The van der Waals surface area contributed by atoms with Crippen molar-refractivity contribution in [1.29, 1.82) is 0 Å². The van der Waals surface area contributed by atoms with Crippen molar-refractivity contribution in [1.82, 2.24) is 9.97 Å². The molecule has 0 amide bonds. The van der Waals surface area contributed by atoms with Crippen LogP contribution in [0.15, 0.2) is 17.8 Å². The van der Waals surface area contributed by atoms with Crippen LogP contribution in [-0.2, 0) is 4.79 Å². The lowest BCUT2D eigenvalue weighted by Gasteiger charge is -2.35. The molecule has 2 aromatic rings. The summed E-state index contributed by atoms with van der Waals surface area (Å²) in [6, 6.07) is 2.03. The van der Waals surface area contributed by atoms with Gasteiger partial charge in [-0.15, -0.1) is 11.3 Å². The first-order chi connectivity index (χ1) is 8.77. The second-order valence-electron chi connectivity index (χ2n) is 4.65. The van der Waals surface area contributed by atoms with Gasteiger partial charge in [-0.25, -0.2) is 9.97 Å². The molecule has 94 valence electrons. The van der Waals surface area contributed by atoms with Crippen LogP contribution in [0.2, 0.25) is 0 Å². The summed E-state index contributed by atoms with van der Waals surface area (Å²) in [5.74, 6) is 1.15. The van der Waals surface area contributed by atoms with Crippen LogP contribution in [0.3, 0.4) is 0 Å². The number of hydrogen-bond acceptors (Lipinski definition) is 5. The lowest BCUT2D eigenvalue weighted by molar-refractivity contribution is -0.118. The van der Waals surface area contributed by atoms with E-state index in [1.807, 2.05) is 11.4 Å². The molecule has 0 aliphatic carbocycles. The molecule has 0 saturated carbocycles. The maximum absolute atomic E-state index is 11.8. The van der Waals surface area contributed by atoms with E-state index in [1.165, 1.54) is 0 Å². The third kappa shape index (κ3) is 1.88. The number of aromatic nitrogens is 2. The van der Waals surface area contributed by atoms with E-state index < -0.39 is 0 Å². The molecule has 1 aliphatic heterocycles. The van der Waals surface area contributed by atoms with Crippen LogP contribution >= 0.6 is 11.3 Å². The molecule has 3 heterocycles. The highest BCUT2D eigenvalue weighted by Gasteiger charge is 2.28. The molecular weight excluding hydrogens is 246 g/mol. The number of nitrogens with zero attached hydrogens (tertiary/aromatic N) is 3. The van der Waals surface area contributed by atoms with E-state index in [2.05, 4.69) is 14.9 Å². The fraction of sp³-hybridized carbons (Fsp3) is 0.462. The molecule has 1 unspecified atom stereocenters. The monoisotopic (exact) mass is 261 g/mol. The fourth-order valence-corrected chi connectivity index (χ4v) is 3.34. The summed E-state index contributed by atoms with van der Waals surface area (Å²) in [6.07, 6.45) is 4.78. The van der Waals surface area contributed by atoms with Gasteiger partial charge in [-0.2, -0.15) is 0 Å². The molecule has 0 bridgehead atoms. The number of hydrogen-bond donors (Lipinski definition) is 0. The maximum Gasteiger partial charge on any atom is 0.152 e. The van der Waals surface area contributed by atoms with Crippen molar-refractivity contribution < 1.29 is 4.79 Å². The van der Waals surface area contributed by atoms with Gasteiger partial charge in [0.15, 0.2) is 5.78 Å². The van der Waals surface area contributed by atoms with E-state index in [0.29, 0.717) is 0 Å². The van der Waals surface area contributed by atoms with E-state index in [4.69, 9.17) is 0 Å². The Labute approximate surface area is 110 Å². The average molecular weight is 261 g/mol. The van der Waals surface area contributed by atoms with Gasteiger partial charge in [-0.1, -0.05) is 0 Å². The summed E-state index contributed by atoms with van der Waals surface area (Å²) in [7, 11) is 0. The Kier molecular flexibility index (Phi) is 2.99. The van der Waals surface area contributed by atoms with Gasteiger partial charge >= 0.3 is 0 Å². The van der Waals surface area contributed by atoms with Crippen LogP contribution in [0, 0.1) is 0 Å². The van der Waals surface area contributed by atoms with Crippen molar-refractivity contribution >= 4 is 33.2 Å². The first-order valence-electron chi connectivity index (χ1n) is 6.22. The van der Waals surface area contributed by atoms with E-state index in [1.54, 1.807) is 24.6 Å². The Bertz CT molecular complexity index is 580. The summed E-state index contributed by atoms with van der Waals surface area (Å²) in [6.45, 7) is 2.58. The molecule has 18 heavy (non-hydrogen) atoms. The van der Waals surface area contributed by atoms with Gasteiger partial charge in [-0.3, -0.25) is 4.79 Å². The maximum atomic E-state index is 11.8. The largest absolute Gasteiger partial charge is 0.346 e. The van der Waals surface area contributed by atoms with Crippen LogP contribution in [0.1, 0.15) is 26.2 Å². The Hall–Kier alpha value is -1.49. The Balaban J connectivity index is 2.06. The number of carbonyl (C=O) groups excluding carboxylic acids is 1. The molecule has 0 spiro atoms. The van der Waals surface area contributed by atoms with Gasteiger partial charge in [0.2, 0.25) is 0 Å². The highest BCUT2D eigenvalue weighted by Crippen LogP contribution is 2.31. The van der Waals surface area contributed by atoms with Gasteiger partial charge in [0.1, 0.15) is 17.0 Å². The predicted octanol–water partition coefficient (Wildman–Crippen LogP) is 2.64. The number of Topliss-reactive ketones (excluding diaryl/α,β-unsaturated/α-hetero) is 1. The fourth-order valence-electron chi connectivity index (χ4n) is 2.61. The molecular formula is C13H15N3OS. The number of piperidine rings is 1. The zero-order valence-corrected chi connectivity index (χ0v) is 11.1. The molecule has 3 rings (SSSR count). The number of thiophene rings is 1.